The first-order valence-electron chi connectivity index (χ1n) is 8.85. The molecule has 0 aliphatic carbocycles. The van der Waals surface area contributed by atoms with Gasteiger partial charge in [0.2, 0.25) is 5.91 Å². The number of nitrogens with one attached hydrogen (secondary N) is 1. The molecule has 0 spiro atoms. The number of amides is 1. The fourth-order valence-electron chi connectivity index (χ4n) is 3.32. The Morgan fingerprint density at radius 1 is 1.28 bits per heavy atom. The van der Waals surface area contributed by atoms with Gasteiger partial charge in [0.25, 0.3) is 0 Å². The fourth-order valence-corrected chi connectivity index (χ4v) is 3.32. The largest absolute Gasteiger partial charge is 0.461 e. The van der Waals surface area contributed by atoms with Crippen LogP contribution in [0, 0.1) is 0 Å². The van der Waals surface area contributed by atoms with E-state index in [1.807, 2.05) is 17.0 Å². The zero-order chi connectivity index (χ0) is 16.9. The summed E-state index contributed by atoms with van der Waals surface area (Å²) in [6.45, 7) is 7.17. The molecule has 2 aromatic rings. The molecule has 2 heterocycles. The van der Waals surface area contributed by atoms with E-state index in [0.717, 1.165) is 57.0 Å². The Kier molecular flexibility index (Phi) is 7.29. The lowest BCUT2D eigenvalue weighted by Crippen LogP contribution is -2.47. The van der Waals surface area contributed by atoms with Gasteiger partial charge >= 0.3 is 0 Å². The van der Waals surface area contributed by atoms with Crippen LogP contribution >= 0.6 is 12.4 Å². The molecule has 1 fully saturated rings. The number of piperazine rings is 1. The second-order valence-electron chi connectivity index (χ2n) is 6.47. The molecule has 0 radical (unpaired) electrons. The summed E-state index contributed by atoms with van der Waals surface area (Å²) >= 11 is 0. The van der Waals surface area contributed by atoms with E-state index in [2.05, 4.69) is 36.3 Å². The molecule has 138 valence electrons. The molecule has 5 nitrogen and oxygen atoms in total. The third-order valence-electron chi connectivity index (χ3n) is 4.71. The summed E-state index contributed by atoms with van der Waals surface area (Å²) in [6.07, 6.45) is 1.46. The number of halogens is 1. The maximum Gasteiger partial charge on any atom is 0.223 e. The number of furan rings is 1. The van der Waals surface area contributed by atoms with E-state index in [4.69, 9.17) is 4.42 Å². The average Bonchev–Trinajstić information content (AvgIpc) is 2.98. The van der Waals surface area contributed by atoms with Crippen LogP contribution in [-0.4, -0.2) is 55.5 Å². The van der Waals surface area contributed by atoms with Gasteiger partial charge in [-0.05, 0) is 13.1 Å². The molecule has 0 bridgehead atoms. The lowest BCUT2D eigenvalue weighted by Gasteiger charge is -2.28. The lowest BCUT2D eigenvalue weighted by molar-refractivity contribution is -0.132. The summed E-state index contributed by atoms with van der Waals surface area (Å²) in [5.41, 5.74) is 2.21. The topological polar surface area (TPSA) is 48.7 Å². The molecule has 3 rings (SSSR count). The van der Waals surface area contributed by atoms with Crippen molar-refractivity contribution in [3.05, 3.63) is 35.6 Å². The van der Waals surface area contributed by atoms with Crippen molar-refractivity contribution < 1.29 is 9.21 Å². The van der Waals surface area contributed by atoms with E-state index in [9.17, 15) is 4.79 Å². The number of rotatable bonds is 6. The van der Waals surface area contributed by atoms with Gasteiger partial charge in [-0.3, -0.25) is 4.79 Å². The quantitative estimate of drug-likeness (QED) is 0.855. The second kappa shape index (κ2) is 9.22. The van der Waals surface area contributed by atoms with Gasteiger partial charge in [-0.15, -0.1) is 12.4 Å². The van der Waals surface area contributed by atoms with Gasteiger partial charge in [-0.1, -0.05) is 25.1 Å². The smallest absolute Gasteiger partial charge is 0.223 e. The minimum atomic E-state index is 0. The number of para-hydroxylation sites is 1. The highest BCUT2D eigenvalue weighted by molar-refractivity contribution is 5.85. The molecule has 1 aliphatic heterocycles. The van der Waals surface area contributed by atoms with Gasteiger partial charge in [0.05, 0.1) is 0 Å². The maximum absolute atomic E-state index is 12.3. The summed E-state index contributed by atoms with van der Waals surface area (Å²) in [4.78, 5) is 16.5. The first-order valence-corrected chi connectivity index (χ1v) is 8.85. The molecule has 1 aromatic heterocycles. The molecular formula is C19H28ClN3O2. The van der Waals surface area contributed by atoms with E-state index in [1.165, 1.54) is 10.9 Å². The SMILES string of the molecule is CCc1oc2ccccc2c1CN(C)CCC(=O)N1CCNCC1.Cl. The molecule has 25 heavy (non-hydrogen) atoms. The lowest BCUT2D eigenvalue weighted by atomic mass is 10.1. The number of hydrogen-bond acceptors (Lipinski definition) is 4. The molecule has 0 saturated carbocycles. The third-order valence-corrected chi connectivity index (χ3v) is 4.71. The van der Waals surface area contributed by atoms with Crippen LogP contribution in [0.5, 0.6) is 0 Å². The van der Waals surface area contributed by atoms with Crippen LogP contribution in [0.3, 0.4) is 0 Å². The first-order chi connectivity index (χ1) is 11.7. The van der Waals surface area contributed by atoms with Crippen molar-refractivity contribution in [3.8, 4) is 0 Å². The molecule has 1 aromatic carbocycles. The Hall–Kier alpha value is -1.56. The van der Waals surface area contributed by atoms with E-state index in [0.29, 0.717) is 6.42 Å². The van der Waals surface area contributed by atoms with Crippen LogP contribution in [-0.2, 0) is 17.8 Å². The third kappa shape index (κ3) is 4.75. The van der Waals surface area contributed by atoms with Crippen molar-refractivity contribution in [2.45, 2.75) is 26.3 Å². The minimum Gasteiger partial charge on any atom is -0.461 e. The van der Waals surface area contributed by atoms with Crippen LogP contribution in [0.1, 0.15) is 24.7 Å². The van der Waals surface area contributed by atoms with Crippen molar-refractivity contribution in [3.63, 3.8) is 0 Å². The van der Waals surface area contributed by atoms with Gasteiger partial charge in [-0.2, -0.15) is 0 Å². The van der Waals surface area contributed by atoms with Gasteiger partial charge in [0.1, 0.15) is 11.3 Å². The number of benzene rings is 1. The van der Waals surface area contributed by atoms with Crippen LogP contribution in [0.2, 0.25) is 0 Å². The van der Waals surface area contributed by atoms with Crippen molar-refractivity contribution in [1.82, 2.24) is 15.1 Å². The van der Waals surface area contributed by atoms with Gasteiger partial charge in [0, 0.05) is 63.1 Å². The number of fused-ring (bicyclic) bond motifs is 1. The van der Waals surface area contributed by atoms with Crippen LogP contribution in [0.15, 0.2) is 28.7 Å². The Bertz CT molecular complexity index is 695. The molecule has 6 heteroatoms. The number of carbonyl (C=O) groups excluding carboxylic acids is 1. The molecule has 1 aliphatic rings. The van der Waals surface area contributed by atoms with E-state index in [1.54, 1.807) is 0 Å². The van der Waals surface area contributed by atoms with Crippen molar-refractivity contribution in [1.29, 1.82) is 0 Å². The summed E-state index contributed by atoms with van der Waals surface area (Å²) < 4.78 is 5.96. The number of carbonyl (C=O) groups is 1. The normalized spacial score (nSPS) is 14.8. The Morgan fingerprint density at radius 2 is 2.00 bits per heavy atom. The van der Waals surface area contributed by atoms with E-state index in [-0.39, 0.29) is 18.3 Å². The number of hydrogen-bond donors (Lipinski definition) is 1. The maximum atomic E-state index is 12.3. The minimum absolute atomic E-state index is 0. The molecule has 1 N–H and O–H groups in total. The number of nitrogens with zero attached hydrogens (tertiary/aromatic N) is 2. The predicted molar refractivity (Wildman–Crippen MR) is 103 cm³/mol. The fraction of sp³-hybridized carbons (Fsp3) is 0.526. The van der Waals surface area contributed by atoms with Crippen LogP contribution in [0.4, 0.5) is 0 Å². The highest BCUT2D eigenvalue weighted by atomic mass is 35.5. The van der Waals surface area contributed by atoms with Crippen molar-refractivity contribution >= 4 is 29.3 Å². The van der Waals surface area contributed by atoms with E-state index >= 15 is 0 Å². The second-order valence-corrected chi connectivity index (χ2v) is 6.47. The standard InChI is InChI=1S/C19H27N3O2.ClH/c1-3-17-16(15-6-4-5-7-18(15)24-17)14-21(2)11-8-19(23)22-12-9-20-10-13-22;/h4-7,20H,3,8-14H2,1-2H3;1H. The highest BCUT2D eigenvalue weighted by Gasteiger charge is 2.18. The van der Waals surface area contributed by atoms with Gasteiger partial charge in [0.15, 0.2) is 0 Å². The average molecular weight is 366 g/mol. The molecule has 0 unspecified atom stereocenters. The Balaban J connectivity index is 0.00000225. The van der Waals surface area contributed by atoms with Crippen LogP contribution in [0.25, 0.3) is 11.0 Å². The summed E-state index contributed by atoms with van der Waals surface area (Å²) in [5.74, 6) is 1.31. The molecule has 0 atom stereocenters. The first kappa shape index (κ1) is 19.8. The summed E-state index contributed by atoms with van der Waals surface area (Å²) in [5, 5.41) is 4.47. The zero-order valence-corrected chi connectivity index (χ0v) is 15.9. The highest BCUT2D eigenvalue weighted by Crippen LogP contribution is 2.27. The monoisotopic (exact) mass is 365 g/mol. The van der Waals surface area contributed by atoms with Crippen molar-refractivity contribution in [2.75, 3.05) is 39.8 Å². The molecule has 1 amide bonds. The molecular weight excluding hydrogens is 338 g/mol. The van der Waals surface area contributed by atoms with E-state index < -0.39 is 0 Å². The number of aryl methyl sites for hydroxylation is 1. The van der Waals surface area contributed by atoms with Gasteiger partial charge < -0.3 is 19.5 Å². The van der Waals surface area contributed by atoms with Crippen molar-refractivity contribution in [2.24, 2.45) is 0 Å². The Morgan fingerprint density at radius 3 is 2.72 bits per heavy atom. The Labute approximate surface area is 155 Å². The predicted octanol–water partition coefficient (Wildman–Crippen LogP) is 2.67. The molecule has 1 saturated heterocycles. The summed E-state index contributed by atoms with van der Waals surface area (Å²) in [6, 6.07) is 8.19. The summed E-state index contributed by atoms with van der Waals surface area (Å²) in [7, 11) is 2.08. The van der Waals surface area contributed by atoms with Crippen LogP contribution < -0.4 is 5.32 Å². The zero-order valence-electron chi connectivity index (χ0n) is 15.1. The van der Waals surface area contributed by atoms with Gasteiger partial charge in [-0.25, -0.2) is 0 Å².